The van der Waals surface area contributed by atoms with E-state index >= 15 is 0 Å². The standard InChI is InChI=1S/C11H20N2O5/c14-5-3-8-2-1-4-13(6-8)11(18)12-9(7-15)10(16)17/h8-9,14-15H,1-7H2,(H,12,18)(H,16,17). The molecule has 2 amide bonds. The minimum absolute atomic E-state index is 0.0918. The normalized spacial score (nSPS) is 21.4. The van der Waals surface area contributed by atoms with Crippen LogP contribution < -0.4 is 5.32 Å². The van der Waals surface area contributed by atoms with Gasteiger partial charge in [-0.05, 0) is 25.2 Å². The fourth-order valence-corrected chi connectivity index (χ4v) is 2.09. The Morgan fingerprint density at radius 1 is 1.39 bits per heavy atom. The van der Waals surface area contributed by atoms with Crippen LogP contribution >= 0.6 is 0 Å². The van der Waals surface area contributed by atoms with Gasteiger partial charge >= 0.3 is 12.0 Å². The lowest BCUT2D eigenvalue weighted by Gasteiger charge is -2.33. The molecule has 2 unspecified atom stereocenters. The average molecular weight is 260 g/mol. The van der Waals surface area contributed by atoms with Crippen LogP contribution in [0.15, 0.2) is 0 Å². The summed E-state index contributed by atoms with van der Waals surface area (Å²) in [5.74, 6) is -0.998. The fraction of sp³-hybridized carbons (Fsp3) is 0.818. The topological polar surface area (TPSA) is 110 Å². The summed E-state index contributed by atoms with van der Waals surface area (Å²) in [4.78, 5) is 24.0. The maximum atomic E-state index is 11.8. The number of nitrogens with one attached hydrogen (secondary N) is 1. The molecule has 1 fully saturated rings. The first-order valence-corrected chi connectivity index (χ1v) is 6.08. The third-order valence-corrected chi connectivity index (χ3v) is 3.12. The Bertz CT molecular complexity index is 295. The molecule has 0 spiro atoms. The van der Waals surface area contributed by atoms with Gasteiger partial charge in [-0.2, -0.15) is 0 Å². The number of hydrogen-bond donors (Lipinski definition) is 4. The molecule has 0 saturated carbocycles. The molecule has 0 aromatic rings. The SMILES string of the molecule is O=C(O)C(CO)NC(=O)N1CCCC(CCO)C1. The van der Waals surface area contributed by atoms with Gasteiger partial charge in [0.05, 0.1) is 6.61 Å². The summed E-state index contributed by atoms with van der Waals surface area (Å²) in [6.45, 7) is 0.555. The van der Waals surface area contributed by atoms with Gasteiger partial charge in [-0.15, -0.1) is 0 Å². The van der Waals surface area contributed by atoms with E-state index in [1.807, 2.05) is 0 Å². The van der Waals surface area contributed by atoms with E-state index in [0.29, 0.717) is 19.5 Å². The zero-order valence-corrected chi connectivity index (χ0v) is 10.2. The highest BCUT2D eigenvalue weighted by Gasteiger charge is 2.26. The van der Waals surface area contributed by atoms with Crippen molar-refractivity contribution in [1.82, 2.24) is 10.2 Å². The molecular formula is C11H20N2O5. The van der Waals surface area contributed by atoms with E-state index in [4.69, 9.17) is 15.3 Å². The van der Waals surface area contributed by atoms with Crippen molar-refractivity contribution in [3.63, 3.8) is 0 Å². The van der Waals surface area contributed by atoms with Gasteiger partial charge in [0.2, 0.25) is 0 Å². The number of carboxylic acids is 1. The van der Waals surface area contributed by atoms with Crippen molar-refractivity contribution in [2.24, 2.45) is 5.92 Å². The molecule has 2 atom stereocenters. The third kappa shape index (κ3) is 4.15. The minimum atomic E-state index is -1.27. The van der Waals surface area contributed by atoms with Crippen molar-refractivity contribution in [2.45, 2.75) is 25.3 Å². The van der Waals surface area contributed by atoms with Crippen LogP contribution in [-0.2, 0) is 4.79 Å². The van der Waals surface area contributed by atoms with Crippen molar-refractivity contribution < 1.29 is 24.9 Å². The Balaban J connectivity index is 2.47. The molecule has 104 valence electrons. The smallest absolute Gasteiger partial charge is 0.328 e. The van der Waals surface area contributed by atoms with Gasteiger partial charge in [-0.25, -0.2) is 9.59 Å². The molecule has 1 aliphatic heterocycles. The molecule has 7 nitrogen and oxygen atoms in total. The van der Waals surface area contributed by atoms with E-state index in [1.165, 1.54) is 4.90 Å². The zero-order chi connectivity index (χ0) is 13.5. The van der Waals surface area contributed by atoms with Crippen LogP contribution in [-0.4, -0.2) is 64.6 Å². The predicted molar refractivity (Wildman–Crippen MR) is 63.0 cm³/mol. The van der Waals surface area contributed by atoms with E-state index in [0.717, 1.165) is 12.8 Å². The average Bonchev–Trinajstić information content (AvgIpc) is 2.36. The fourth-order valence-electron chi connectivity index (χ4n) is 2.09. The highest BCUT2D eigenvalue weighted by atomic mass is 16.4. The Labute approximate surface area is 105 Å². The second-order valence-electron chi connectivity index (χ2n) is 4.49. The van der Waals surface area contributed by atoms with Crippen molar-refractivity contribution >= 4 is 12.0 Å². The Hall–Kier alpha value is -1.34. The van der Waals surface area contributed by atoms with Gasteiger partial charge in [0, 0.05) is 19.7 Å². The summed E-state index contributed by atoms with van der Waals surface area (Å²) in [5.41, 5.74) is 0. The van der Waals surface area contributed by atoms with Crippen LogP contribution in [0.1, 0.15) is 19.3 Å². The van der Waals surface area contributed by atoms with E-state index in [2.05, 4.69) is 5.32 Å². The summed E-state index contributed by atoms with van der Waals surface area (Å²) >= 11 is 0. The van der Waals surface area contributed by atoms with Gasteiger partial charge in [-0.1, -0.05) is 0 Å². The highest BCUT2D eigenvalue weighted by molar-refractivity contribution is 5.82. The first-order valence-electron chi connectivity index (χ1n) is 6.08. The monoisotopic (exact) mass is 260 g/mol. The number of aliphatic hydroxyl groups is 2. The molecule has 1 rings (SSSR count). The summed E-state index contributed by atoms with van der Waals surface area (Å²) in [6, 6.07) is -1.74. The number of nitrogens with zero attached hydrogens (tertiary/aromatic N) is 1. The number of carbonyl (C=O) groups is 2. The lowest BCUT2D eigenvalue weighted by Crippen LogP contribution is -2.52. The molecule has 1 heterocycles. The van der Waals surface area contributed by atoms with Gasteiger partial charge in [-0.3, -0.25) is 0 Å². The van der Waals surface area contributed by atoms with Gasteiger partial charge in [0.15, 0.2) is 6.04 Å². The second-order valence-corrected chi connectivity index (χ2v) is 4.49. The summed E-state index contributed by atoms with van der Waals surface area (Å²) in [7, 11) is 0. The second kappa shape index (κ2) is 7.17. The lowest BCUT2D eigenvalue weighted by atomic mass is 9.95. The number of carbonyl (C=O) groups excluding carboxylic acids is 1. The van der Waals surface area contributed by atoms with Crippen molar-refractivity contribution in [2.75, 3.05) is 26.3 Å². The van der Waals surface area contributed by atoms with Gasteiger partial charge in [0.25, 0.3) is 0 Å². The van der Waals surface area contributed by atoms with E-state index in [1.54, 1.807) is 0 Å². The molecule has 18 heavy (non-hydrogen) atoms. The third-order valence-electron chi connectivity index (χ3n) is 3.12. The number of carboxylic acid groups (broad SMARTS) is 1. The number of aliphatic carboxylic acids is 1. The number of piperidine rings is 1. The van der Waals surface area contributed by atoms with E-state index in [-0.39, 0.29) is 12.5 Å². The zero-order valence-electron chi connectivity index (χ0n) is 10.2. The molecule has 1 saturated heterocycles. The van der Waals surface area contributed by atoms with Crippen molar-refractivity contribution in [3.05, 3.63) is 0 Å². The Kier molecular flexibility index (Phi) is 5.87. The van der Waals surface area contributed by atoms with Crippen LogP contribution in [0.3, 0.4) is 0 Å². The number of rotatable bonds is 5. The van der Waals surface area contributed by atoms with E-state index < -0.39 is 24.6 Å². The Morgan fingerprint density at radius 3 is 2.67 bits per heavy atom. The summed E-state index contributed by atoms with van der Waals surface area (Å²) in [5, 5.41) is 28.7. The van der Waals surface area contributed by atoms with Crippen LogP contribution in [0.4, 0.5) is 4.79 Å². The van der Waals surface area contributed by atoms with Gasteiger partial charge < -0.3 is 25.5 Å². The van der Waals surface area contributed by atoms with Gasteiger partial charge in [0.1, 0.15) is 0 Å². The quantitative estimate of drug-likeness (QED) is 0.519. The first-order chi connectivity index (χ1) is 8.58. The molecule has 0 aromatic carbocycles. The number of aliphatic hydroxyl groups excluding tert-OH is 2. The van der Waals surface area contributed by atoms with E-state index in [9.17, 15) is 9.59 Å². The molecule has 0 bridgehead atoms. The van der Waals surface area contributed by atoms with Crippen LogP contribution in [0, 0.1) is 5.92 Å². The Morgan fingerprint density at radius 2 is 2.11 bits per heavy atom. The summed E-state index contributed by atoms with van der Waals surface area (Å²) in [6.07, 6.45) is 2.45. The number of likely N-dealkylation sites (tertiary alicyclic amines) is 1. The summed E-state index contributed by atoms with van der Waals surface area (Å²) < 4.78 is 0. The van der Waals surface area contributed by atoms with Crippen LogP contribution in [0.2, 0.25) is 0 Å². The lowest BCUT2D eigenvalue weighted by molar-refractivity contribution is -0.140. The molecule has 1 aliphatic rings. The van der Waals surface area contributed by atoms with Crippen molar-refractivity contribution in [3.8, 4) is 0 Å². The van der Waals surface area contributed by atoms with Crippen LogP contribution in [0.25, 0.3) is 0 Å². The maximum Gasteiger partial charge on any atom is 0.328 e. The molecular weight excluding hydrogens is 240 g/mol. The maximum absolute atomic E-state index is 11.8. The molecule has 0 aromatic heterocycles. The number of hydrogen-bond acceptors (Lipinski definition) is 4. The molecule has 7 heteroatoms. The molecule has 0 aliphatic carbocycles. The molecule has 0 radical (unpaired) electrons. The number of urea groups is 1. The minimum Gasteiger partial charge on any atom is -0.480 e. The predicted octanol–water partition coefficient (Wildman–Crippen LogP) is -0.764. The largest absolute Gasteiger partial charge is 0.480 e. The molecule has 4 N–H and O–H groups in total. The van der Waals surface area contributed by atoms with Crippen molar-refractivity contribution in [1.29, 1.82) is 0 Å². The first kappa shape index (κ1) is 14.7. The highest BCUT2D eigenvalue weighted by Crippen LogP contribution is 2.19. The number of amides is 2. The van der Waals surface area contributed by atoms with Crippen LogP contribution in [0.5, 0.6) is 0 Å².